The van der Waals surface area contributed by atoms with Crippen LogP contribution in [0.2, 0.25) is 0 Å². The number of nitrogens with zero attached hydrogens (tertiary/aromatic N) is 2. The Kier molecular flexibility index (Phi) is 4.01. The number of piperidine rings is 1. The number of nitrogen functional groups attached to an aromatic ring is 1. The van der Waals surface area contributed by atoms with Crippen molar-refractivity contribution >= 4 is 17.3 Å². The number of anilines is 2. The Morgan fingerprint density at radius 1 is 1.29 bits per heavy atom. The van der Waals surface area contributed by atoms with Crippen LogP contribution in [0, 0.1) is 0 Å². The van der Waals surface area contributed by atoms with E-state index in [9.17, 15) is 4.79 Å². The largest absolute Gasteiger partial charge is 0.399 e. The highest BCUT2D eigenvalue weighted by molar-refractivity contribution is 6.00. The van der Waals surface area contributed by atoms with Gasteiger partial charge in [0.1, 0.15) is 0 Å². The van der Waals surface area contributed by atoms with Gasteiger partial charge in [-0.3, -0.25) is 9.69 Å². The van der Waals surface area contributed by atoms with E-state index in [-0.39, 0.29) is 5.91 Å². The number of carbonyl (C=O) groups excluding carboxylic acids is 1. The minimum Gasteiger partial charge on any atom is -0.399 e. The fourth-order valence-electron chi connectivity index (χ4n) is 3.51. The summed E-state index contributed by atoms with van der Waals surface area (Å²) in [5, 5.41) is 2.72. The number of benzene rings is 1. The molecule has 5 nitrogen and oxygen atoms in total. The standard InChI is InChI=1S/C16H24N4O/c1-18-16(21)14-6-5-12(17)10-15(14)20-9-8-19-7-3-2-4-13(19)11-20/h5-6,10,13H,2-4,7-9,11,17H2,1H3,(H,18,21). The van der Waals surface area contributed by atoms with Gasteiger partial charge in [-0.15, -0.1) is 0 Å². The molecule has 5 heteroatoms. The number of nitrogens with two attached hydrogens (primary N) is 1. The van der Waals surface area contributed by atoms with Crippen LogP contribution < -0.4 is 16.0 Å². The Morgan fingerprint density at radius 2 is 2.14 bits per heavy atom. The Bertz CT molecular complexity index is 531. The van der Waals surface area contributed by atoms with Crippen LogP contribution >= 0.6 is 0 Å². The number of rotatable bonds is 2. The Labute approximate surface area is 126 Å². The molecule has 1 amide bonds. The highest BCUT2D eigenvalue weighted by Gasteiger charge is 2.30. The predicted octanol–water partition coefficient (Wildman–Crippen LogP) is 1.30. The molecule has 2 heterocycles. The van der Waals surface area contributed by atoms with Crippen LogP contribution in [0.4, 0.5) is 11.4 Å². The fourth-order valence-corrected chi connectivity index (χ4v) is 3.51. The predicted molar refractivity (Wildman–Crippen MR) is 85.7 cm³/mol. The lowest BCUT2D eigenvalue weighted by Crippen LogP contribution is -2.55. The van der Waals surface area contributed by atoms with Crippen LogP contribution in [-0.4, -0.2) is 50.1 Å². The molecule has 0 aliphatic carbocycles. The SMILES string of the molecule is CNC(=O)c1ccc(N)cc1N1CCN2CCCCC2C1. The molecule has 2 saturated heterocycles. The van der Waals surface area contributed by atoms with Gasteiger partial charge >= 0.3 is 0 Å². The summed E-state index contributed by atoms with van der Waals surface area (Å²) >= 11 is 0. The number of nitrogens with one attached hydrogen (secondary N) is 1. The third-order valence-corrected chi connectivity index (χ3v) is 4.67. The van der Waals surface area contributed by atoms with Crippen molar-refractivity contribution in [3.63, 3.8) is 0 Å². The number of amides is 1. The highest BCUT2D eigenvalue weighted by Crippen LogP contribution is 2.29. The minimum atomic E-state index is -0.0453. The van der Waals surface area contributed by atoms with Gasteiger partial charge in [0.05, 0.1) is 11.3 Å². The van der Waals surface area contributed by atoms with E-state index in [1.165, 1.54) is 25.8 Å². The van der Waals surface area contributed by atoms with E-state index in [4.69, 9.17) is 5.73 Å². The second-order valence-corrected chi connectivity index (χ2v) is 5.99. The summed E-state index contributed by atoms with van der Waals surface area (Å²) in [5.41, 5.74) is 8.34. The Hall–Kier alpha value is -1.75. The summed E-state index contributed by atoms with van der Waals surface area (Å²) < 4.78 is 0. The van der Waals surface area contributed by atoms with E-state index in [1.54, 1.807) is 13.1 Å². The summed E-state index contributed by atoms with van der Waals surface area (Å²) in [7, 11) is 1.67. The fraction of sp³-hybridized carbons (Fsp3) is 0.562. The summed E-state index contributed by atoms with van der Waals surface area (Å²) in [4.78, 5) is 17.0. The molecule has 0 saturated carbocycles. The molecule has 0 spiro atoms. The molecular formula is C16H24N4O. The van der Waals surface area contributed by atoms with Crippen molar-refractivity contribution in [1.29, 1.82) is 0 Å². The second-order valence-electron chi connectivity index (χ2n) is 5.99. The molecule has 2 aliphatic heterocycles. The van der Waals surface area contributed by atoms with Crippen LogP contribution in [0.15, 0.2) is 18.2 Å². The van der Waals surface area contributed by atoms with Crippen molar-refractivity contribution in [2.24, 2.45) is 0 Å². The summed E-state index contributed by atoms with van der Waals surface area (Å²) in [6.07, 6.45) is 3.89. The number of piperazine rings is 1. The van der Waals surface area contributed by atoms with Crippen molar-refractivity contribution in [3.8, 4) is 0 Å². The van der Waals surface area contributed by atoms with Crippen LogP contribution in [0.5, 0.6) is 0 Å². The maximum Gasteiger partial charge on any atom is 0.253 e. The van der Waals surface area contributed by atoms with E-state index in [1.807, 2.05) is 12.1 Å². The zero-order chi connectivity index (χ0) is 14.8. The van der Waals surface area contributed by atoms with E-state index < -0.39 is 0 Å². The lowest BCUT2D eigenvalue weighted by molar-refractivity contribution is 0.0962. The third kappa shape index (κ3) is 2.83. The Balaban J connectivity index is 1.86. The van der Waals surface area contributed by atoms with Crippen molar-refractivity contribution < 1.29 is 4.79 Å². The van der Waals surface area contributed by atoms with Crippen molar-refractivity contribution in [1.82, 2.24) is 10.2 Å². The maximum atomic E-state index is 12.1. The van der Waals surface area contributed by atoms with E-state index >= 15 is 0 Å². The minimum absolute atomic E-state index is 0.0453. The summed E-state index contributed by atoms with van der Waals surface area (Å²) in [5.74, 6) is -0.0453. The molecule has 3 rings (SSSR count). The molecule has 0 aromatic heterocycles. The van der Waals surface area contributed by atoms with Gasteiger partial charge in [-0.2, -0.15) is 0 Å². The monoisotopic (exact) mass is 288 g/mol. The summed E-state index contributed by atoms with van der Waals surface area (Å²) in [6.45, 7) is 4.25. The van der Waals surface area contributed by atoms with Crippen LogP contribution in [0.1, 0.15) is 29.6 Å². The smallest absolute Gasteiger partial charge is 0.253 e. The van der Waals surface area contributed by atoms with Gasteiger partial charge in [0.2, 0.25) is 0 Å². The molecule has 1 aromatic rings. The van der Waals surface area contributed by atoms with Gasteiger partial charge in [-0.05, 0) is 37.6 Å². The normalized spacial score (nSPS) is 22.7. The molecule has 114 valence electrons. The van der Waals surface area contributed by atoms with E-state index in [0.29, 0.717) is 11.7 Å². The van der Waals surface area contributed by atoms with E-state index in [0.717, 1.165) is 30.9 Å². The van der Waals surface area contributed by atoms with Crippen LogP contribution in [0.3, 0.4) is 0 Å². The molecular weight excluding hydrogens is 264 g/mol. The summed E-state index contributed by atoms with van der Waals surface area (Å²) in [6, 6.07) is 6.18. The van der Waals surface area contributed by atoms with Crippen molar-refractivity contribution in [3.05, 3.63) is 23.8 Å². The molecule has 2 fully saturated rings. The molecule has 3 N–H and O–H groups in total. The topological polar surface area (TPSA) is 61.6 Å². The van der Waals surface area contributed by atoms with Crippen LogP contribution in [0.25, 0.3) is 0 Å². The zero-order valence-electron chi connectivity index (χ0n) is 12.6. The first-order valence-electron chi connectivity index (χ1n) is 7.79. The molecule has 1 unspecified atom stereocenters. The van der Waals surface area contributed by atoms with Gasteiger partial charge in [-0.25, -0.2) is 0 Å². The van der Waals surface area contributed by atoms with Crippen molar-refractivity contribution in [2.75, 3.05) is 43.9 Å². The number of hydrogen-bond acceptors (Lipinski definition) is 4. The second kappa shape index (κ2) is 5.93. The first kappa shape index (κ1) is 14.2. The van der Waals surface area contributed by atoms with Gasteiger partial charge in [0.15, 0.2) is 0 Å². The lowest BCUT2D eigenvalue weighted by Gasteiger charge is -2.45. The van der Waals surface area contributed by atoms with Gasteiger partial charge < -0.3 is 16.0 Å². The first-order valence-corrected chi connectivity index (χ1v) is 7.79. The Morgan fingerprint density at radius 3 is 2.95 bits per heavy atom. The average molecular weight is 288 g/mol. The first-order chi connectivity index (χ1) is 10.2. The third-order valence-electron chi connectivity index (χ3n) is 4.67. The number of carbonyl (C=O) groups is 1. The number of fused-ring (bicyclic) bond motifs is 1. The van der Waals surface area contributed by atoms with Crippen LogP contribution in [-0.2, 0) is 0 Å². The highest BCUT2D eigenvalue weighted by atomic mass is 16.1. The van der Waals surface area contributed by atoms with Gasteiger partial charge in [-0.1, -0.05) is 6.42 Å². The molecule has 21 heavy (non-hydrogen) atoms. The maximum absolute atomic E-state index is 12.1. The van der Waals surface area contributed by atoms with Gasteiger partial charge in [0, 0.05) is 38.4 Å². The average Bonchev–Trinajstić information content (AvgIpc) is 2.53. The molecule has 1 aromatic carbocycles. The molecule has 2 aliphatic rings. The van der Waals surface area contributed by atoms with Crippen molar-refractivity contribution in [2.45, 2.75) is 25.3 Å². The molecule has 0 bridgehead atoms. The van der Waals surface area contributed by atoms with E-state index in [2.05, 4.69) is 15.1 Å². The lowest BCUT2D eigenvalue weighted by atomic mass is 9.98. The quantitative estimate of drug-likeness (QED) is 0.805. The molecule has 0 radical (unpaired) electrons. The molecule has 1 atom stereocenters. The zero-order valence-corrected chi connectivity index (χ0v) is 12.6. The van der Waals surface area contributed by atoms with Gasteiger partial charge in [0.25, 0.3) is 5.91 Å². The number of hydrogen-bond donors (Lipinski definition) is 2.